The molecule has 5 atom stereocenters. The summed E-state index contributed by atoms with van der Waals surface area (Å²) in [5.41, 5.74) is 3.15. The highest BCUT2D eigenvalue weighted by Gasteiger charge is 2.40. The number of halogens is 1. The van der Waals surface area contributed by atoms with Gasteiger partial charge in [0.05, 0.1) is 13.5 Å². The van der Waals surface area contributed by atoms with Crippen LogP contribution in [0.15, 0.2) is 0 Å². The van der Waals surface area contributed by atoms with Crippen LogP contribution in [0.25, 0.3) is 0 Å². The van der Waals surface area contributed by atoms with Crippen LogP contribution in [0.1, 0.15) is 64.7 Å². The summed E-state index contributed by atoms with van der Waals surface area (Å²) in [6, 6.07) is 0.166. The maximum atomic E-state index is 12.9. The van der Waals surface area contributed by atoms with Gasteiger partial charge in [-0.3, -0.25) is 14.4 Å². The number of amides is 1. The minimum atomic E-state index is -0.482. The Hall–Kier alpha value is -0.660. The third-order valence-corrected chi connectivity index (χ3v) is 7.64. The van der Waals surface area contributed by atoms with E-state index in [4.69, 9.17) is 9.57 Å². The molecule has 0 aromatic heterocycles. The number of methoxy groups -OCH3 is 1. The van der Waals surface area contributed by atoms with Gasteiger partial charge >= 0.3 is 5.97 Å². The van der Waals surface area contributed by atoms with Gasteiger partial charge in [0, 0.05) is 16.9 Å². The first-order valence-electron chi connectivity index (χ1n) is 10.4. The van der Waals surface area contributed by atoms with E-state index < -0.39 is 6.10 Å². The van der Waals surface area contributed by atoms with Gasteiger partial charge in [0.25, 0.3) is 5.91 Å². The van der Waals surface area contributed by atoms with Gasteiger partial charge in [-0.1, -0.05) is 29.3 Å². The second-order valence-electron chi connectivity index (χ2n) is 8.56. The molecule has 6 nitrogen and oxygen atoms in total. The number of carbonyl (C=O) groups is 2. The third-order valence-electron chi connectivity index (χ3n) is 6.72. The van der Waals surface area contributed by atoms with Crippen molar-refractivity contribution in [2.75, 3.05) is 7.11 Å². The molecule has 3 fully saturated rings. The van der Waals surface area contributed by atoms with Crippen LogP contribution in [0.5, 0.6) is 0 Å². The summed E-state index contributed by atoms with van der Waals surface area (Å²) in [6.45, 7) is 2.25. The highest BCUT2D eigenvalue weighted by atomic mass is 79.9. The molecule has 0 aromatic rings. The molecule has 0 radical (unpaired) electrons. The van der Waals surface area contributed by atoms with Crippen molar-refractivity contribution in [3.63, 3.8) is 0 Å². The number of hydrogen-bond acceptors (Lipinski definition) is 5. The molecule has 1 heterocycles. The van der Waals surface area contributed by atoms with E-state index in [1.54, 1.807) is 0 Å². The van der Waals surface area contributed by atoms with Crippen LogP contribution in [-0.4, -0.2) is 42.0 Å². The Morgan fingerprint density at radius 2 is 1.96 bits per heavy atom. The van der Waals surface area contributed by atoms with Crippen LogP contribution >= 0.6 is 15.9 Å². The van der Waals surface area contributed by atoms with E-state index in [-0.39, 0.29) is 24.3 Å². The predicted molar refractivity (Wildman–Crippen MR) is 106 cm³/mol. The van der Waals surface area contributed by atoms with E-state index in [1.165, 1.54) is 20.0 Å². The molecule has 5 unspecified atom stereocenters. The lowest BCUT2D eigenvalue weighted by atomic mass is 9.75. The van der Waals surface area contributed by atoms with Crippen molar-refractivity contribution in [3.8, 4) is 0 Å². The van der Waals surface area contributed by atoms with E-state index in [0.717, 1.165) is 38.5 Å². The first kappa shape index (κ1) is 21.1. The molecule has 2 N–H and O–H groups in total. The van der Waals surface area contributed by atoms with Gasteiger partial charge in [-0.05, 0) is 62.7 Å². The quantitative estimate of drug-likeness (QED) is 0.503. The van der Waals surface area contributed by atoms with Crippen molar-refractivity contribution in [2.45, 2.75) is 87.7 Å². The Morgan fingerprint density at radius 3 is 2.67 bits per heavy atom. The van der Waals surface area contributed by atoms with Crippen molar-refractivity contribution in [1.82, 2.24) is 10.8 Å². The Morgan fingerprint density at radius 1 is 1.22 bits per heavy atom. The standard InChI is InChI=1S/C20H33BrN2O4/c1-12-4-3-5-14-10-17(27-23-19(12)14)20(25)22-16(11-18(24)26-2)13-6-8-15(21)9-7-13/h12-17,19,23H,3-11H2,1-2H3,(H,22,25). The van der Waals surface area contributed by atoms with E-state index in [1.807, 2.05) is 0 Å². The number of hydrogen-bond donors (Lipinski definition) is 2. The number of carbonyl (C=O) groups excluding carboxylic acids is 2. The first-order valence-corrected chi connectivity index (χ1v) is 11.3. The Balaban J connectivity index is 1.59. The van der Waals surface area contributed by atoms with Gasteiger partial charge in [0.2, 0.25) is 0 Å². The highest BCUT2D eigenvalue weighted by Crippen LogP contribution is 2.36. The number of fused-ring (bicyclic) bond motifs is 1. The summed E-state index contributed by atoms with van der Waals surface area (Å²) in [4.78, 5) is 31.1. The molecule has 2 saturated carbocycles. The molecule has 154 valence electrons. The Bertz CT molecular complexity index is 524. The number of alkyl halides is 1. The summed E-state index contributed by atoms with van der Waals surface area (Å²) in [7, 11) is 1.40. The molecule has 2 aliphatic carbocycles. The molecular formula is C20H33BrN2O4. The lowest BCUT2D eigenvalue weighted by Gasteiger charge is -2.42. The largest absolute Gasteiger partial charge is 0.469 e. The Labute approximate surface area is 170 Å². The smallest absolute Gasteiger partial charge is 0.307 e. The summed E-state index contributed by atoms with van der Waals surface area (Å²) in [5.74, 6) is 1.00. The normalized spacial score (nSPS) is 37.7. The summed E-state index contributed by atoms with van der Waals surface area (Å²) < 4.78 is 4.86. The van der Waals surface area contributed by atoms with Crippen LogP contribution in [0.3, 0.4) is 0 Å². The average molecular weight is 445 g/mol. The van der Waals surface area contributed by atoms with Gasteiger partial charge in [-0.15, -0.1) is 0 Å². The summed E-state index contributed by atoms with van der Waals surface area (Å²) >= 11 is 3.67. The predicted octanol–water partition coefficient (Wildman–Crippen LogP) is 3.09. The monoisotopic (exact) mass is 444 g/mol. The molecule has 1 aliphatic heterocycles. The molecule has 27 heavy (non-hydrogen) atoms. The van der Waals surface area contributed by atoms with Crippen LogP contribution in [0.4, 0.5) is 0 Å². The summed E-state index contributed by atoms with van der Waals surface area (Å²) in [5, 5.41) is 3.12. The van der Waals surface area contributed by atoms with Crippen molar-refractivity contribution >= 4 is 27.8 Å². The minimum Gasteiger partial charge on any atom is -0.469 e. The molecular weight excluding hydrogens is 412 g/mol. The SMILES string of the molecule is COC(=O)CC(NC(=O)C1CC2CCCC(C)C2NO1)C1CCC(Br)CC1. The Kier molecular flexibility index (Phi) is 7.57. The zero-order valence-electron chi connectivity index (χ0n) is 16.4. The third kappa shape index (κ3) is 5.45. The zero-order valence-corrected chi connectivity index (χ0v) is 18.0. The highest BCUT2D eigenvalue weighted by molar-refractivity contribution is 9.09. The number of hydroxylamine groups is 1. The lowest BCUT2D eigenvalue weighted by molar-refractivity contribution is -0.159. The van der Waals surface area contributed by atoms with Crippen LogP contribution in [0, 0.1) is 17.8 Å². The molecule has 0 bridgehead atoms. The maximum absolute atomic E-state index is 12.9. The van der Waals surface area contributed by atoms with Crippen molar-refractivity contribution in [3.05, 3.63) is 0 Å². The van der Waals surface area contributed by atoms with Gasteiger partial charge in [-0.25, -0.2) is 0 Å². The van der Waals surface area contributed by atoms with E-state index >= 15 is 0 Å². The molecule has 3 rings (SSSR count). The molecule has 1 saturated heterocycles. The fourth-order valence-electron chi connectivity index (χ4n) is 5.00. The van der Waals surface area contributed by atoms with Gasteiger partial charge in [0.15, 0.2) is 6.10 Å². The number of rotatable bonds is 5. The number of ether oxygens (including phenoxy) is 1. The molecule has 3 aliphatic rings. The van der Waals surface area contributed by atoms with E-state index in [9.17, 15) is 9.59 Å². The topological polar surface area (TPSA) is 76.7 Å². The second kappa shape index (κ2) is 9.70. The molecule has 0 spiro atoms. The maximum Gasteiger partial charge on any atom is 0.307 e. The van der Waals surface area contributed by atoms with Gasteiger partial charge in [-0.2, -0.15) is 5.48 Å². The van der Waals surface area contributed by atoms with E-state index in [2.05, 4.69) is 33.7 Å². The molecule has 1 amide bonds. The van der Waals surface area contributed by atoms with Crippen molar-refractivity contribution in [1.29, 1.82) is 0 Å². The van der Waals surface area contributed by atoms with Crippen LogP contribution in [-0.2, 0) is 19.2 Å². The van der Waals surface area contributed by atoms with Crippen molar-refractivity contribution in [2.24, 2.45) is 17.8 Å². The van der Waals surface area contributed by atoms with Crippen molar-refractivity contribution < 1.29 is 19.2 Å². The fraction of sp³-hybridized carbons (Fsp3) is 0.900. The van der Waals surface area contributed by atoms with Crippen LogP contribution in [0.2, 0.25) is 0 Å². The molecule has 0 aromatic carbocycles. The van der Waals surface area contributed by atoms with Gasteiger partial charge in [0.1, 0.15) is 0 Å². The second-order valence-corrected chi connectivity index (χ2v) is 9.86. The summed E-state index contributed by atoms with van der Waals surface area (Å²) in [6.07, 6.45) is 8.23. The first-order chi connectivity index (χ1) is 13.0. The average Bonchev–Trinajstić information content (AvgIpc) is 2.67. The minimum absolute atomic E-state index is 0.103. The molecule has 7 heteroatoms. The zero-order chi connectivity index (χ0) is 19.4. The fourth-order valence-corrected chi connectivity index (χ4v) is 5.53. The van der Waals surface area contributed by atoms with E-state index in [0.29, 0.717) is 28.6 Å². The lowest BCUT2D eigenvalue weighted by Crippen LogP contribution is -2.56. The number of nitrogens with one attached hydrogen (secondary N) is 2. The number of esters is 1. The van der Waals surface area contributed by atoms with Gasteiger partial charge < -0.3 is 10.1 Å². The van der Waals surface area contributed by atoms with Crippen LogP contribution < -0.4 is 10.8 Å².